The molecule has 0 bridgehead atoms. The summed E-state index contributed by atoms with van der Waals surface area (Å²) in [6.45, 7) is 0. The fourth-order valence-corrected chi connectivity index (χ4v) is 5.58. The SMILES string of the molecule is C1=CCC(C2CC(C3=CCCC(C4CCCCC4)C3)NN2)CC1. The summed E-state index contributed by atoms with van der Waals surface area (Å²) in [5.74, 6) is 2.85. The van der Waals surface area contributed by atoms with Gasteiger partial charge < -0.3 is 0 Å². The second-order valence-corrected chi connectivity index (χ2v) is 8.45. The number of hydrogen-bond acceptors (Lipinski definition) is 2. The van der Waals surface area contributed by atoms with Crippen LogP contribution in [-0.2, 0) is 0 Å². The third-order valence-corrected chi connectivity index (χ3v) is 7.02. The molecule has 1 saturated carbocycles. The van der Waals surface area contributed by atoms with Crippen LogP contribution in [0.1, 0.15) is 77.0 Å². The van der Waals surface area contributed by atoms with E-state index in [9.17, 15) is 0 Å². The number of hydrazine groups is 1. The molecule has 4 aliphatic rings. The summed E-state index contributed by atoms with van der Waals surface area (Å²) in [6.07, 6.45) is 24.2. The Kier molecular flexibility index (Phi) is 5.20. The van der Waals surface area contributed by atoms with Crippen LogP contribution in [0.25, 0.3) is 0 Å². The largest absolute Gasteiger partial charge is 0.254 e. The summed E-state index contributed by atoms with van der Waals surface area (Å²) in [7, 11) is 0. The molecule has 2 heteroatoms. The molecule has 1 aliphatic heterocycles. The fourth-order valence-electron chi connectivity index (χ4n) is 5.58. The molecule has 1 saturated heterocycles. The van der Waals surface area contributed by atoms with Gasteiger partial charge >= 0.3 is 0 Å². The molecular weight excluding hydrogens is 280 g/mol. The van der Waals surface area contributed by atoms with E-state index in [4.69, 9.17) is 0 Å². The predicted octanol–water partition coefficient (Wildman–Crippen LogP) is 4.88. The lowest BCUT2D eigenvalue weighted by molar-refractivity contribution is 0.226. The molecule has 23 heavy (non-hydrogen) atoms. The summed E-state index contributed by atoms with van der Waals surface area (Å²) in [5.41, 5.74) is 9.03. The Morgan fingerprint density at radius 3 is 2.48 bits per heavy atom. The highest BCUT2D eigenvalue weighted by Crippen LogP contribution is 2.40. The minimum Gasteiger partial charge on any atom is -0.254 e. The second kappa shape index (κ2) is 7.53. The fraction of sp³-hybridized carbons (Fsp3) is 0.810. The highest BCUT2D eigenvalue weighted by molar-refractivity contribution is 5.17. The Labute approximate surface area is 142 Å². The van der Waals surface area contributed by atoms with Crippen LogP contribution in [0.2, 0.25) is 0 Å². The van der Waals surface area contributed by atoms with E-state index in [2.05, 4.69) is 29.1 Å². The van der Waals surface area contributed by atoms with E-state index in [0.717, 1.165) is 17.8 Å². The molecule has 0 aromatic carbocycles. The lowest BCUT2D eigenvalue weighted by Crippen LogP contribution is -2.38. The molecular formula is C21H34N2. The summed E-state index contributed by atoms with van der Waals surface area (Å²) < 4.78 is 0. The molecule has 0 amide bonds. The monoisotopic (exact) mass is 314 g/mol. The van der Waals surface area contributed by atoms with Crippen LogP contribution >= 0.6 is 0 Å². The average molecular weight is 315 g/mol. The van der Waals surface area contributed by atoms with Crippen LogP contribution in [-0.4, -0.2) is 12.1 Å². The first-order valence-electron chi connectivity index (χ1n) is 10.2. The zero-order chi connectivity index (χ0) is 15.5. The van der Waals surface area contributed by atoms with Crippen molar-refractivity contribution in [3.63, 3.8) is 0 Å². The van der Waals surface area contributed by atoms with Crippen LogP contribution < -0.4 is 10.9 Å². The van der Waals surface area contributed by atoms with Crippen LogP contribution in [0, 0.1) is 17.8 Å². The van der Waals surface area contributed by atoms with Crippen molar-refractivity contribution >= 4 is 0 Å². The van der Waals surface area contributed by atoms with Gasteiger partial charge in [0.15, 0.2) is 0 Å². The molecule has 128 valence electrons. The van der Waals surface area contributed by atoms with Crippen molar-refractivity contribution in [3.8, 4) is 0 Å². The quantitative estimate of drug-likeness (QED) is 0.725. The van der Waals surface area contributed by atoms with Crippen LogP contribution in [0.5, 0.6) is 0 Å². The van der Waals surface area contributed by atoms with Gasteiger partial charge in [0.25, 0.3) is 0 Å². The number of nitrogens with one attached hydrogen (secondary N) is 2. The second-order valence-electron chi connectivity index (χ2n) is 8.45. The van der Waals surface area contributed by atoms with E-state index in [1.54, 1.807) is 5.57 Å². The Balaban J connectivity index is 1.33. The van der Waals surface area contributed by atoms with Crippen molar-refractivity contribution in [2.24, 2.45) is 17.8 Å². The third-order valence-electron chi connectivity index (χ3n) is 7.02. The molecule has 2 fully saturated rings. The molecule has 0 aromatic rings. The zero-order valence-corrected chi connectivity index (χ0v) is 14.6. The standard InChI is InChI=1S/C21H34N2/c1-3-8-16(9-4-1)18-12-7-13-19(14-18)21-15-20(22-23-21)17-10-5-2-6-11-17/h2,5,13,16-18,20-23H,1,3-4,6-12,14-15H2. The average Bonchev–Trinajstić information content (AvgIpc) is 3.14. The van der Waals surface area contributed by atoms with E-state index >= 15 is 0 Å². The molecule has 2 nitrogen and oxygen atoms in total. The van der Waals surface area contributed by atoms with E-state index in [0.29, 0.717) is 12.1 Å². The molecule has 0 aromatic heterocycles. The Morgan fingerprint density at radius 2 is 1.65 bits per heavy atom. The third kappa shape index (κ3) is 3.74. The first-order chi connectivity index (χ1) is 11.4. The molecule has 2 N–H and O–H groups in total. The first kappa shape index (κ1) is 15.9. The predicted molar refractivity (Wildman–Crippen MR) is 96.9 cm³/mol. The highest BCUT2D eigenvalue weighted by Gasteiger charge is 2.34. The van der Waals surface area contributed by atoms with Crippen molar-refractivity contribution in [2.45, 2.75) is 89.1 Å². The minimum absolute atomic E-state index is 0.609. The van der Waals surface area contributed by atoms with E-state index < -0.39 is 0 Å². The van der Waals surface area contributed by atoms with E-state index in [-0.39, 0.29) is 0 Å². The number of hydrogen-bond donors (Lipinski definition) is 2. The minimum atomic E-state index is 0.609. The van der Waals surface area contributed by atoms with Gasteiger partial charge in [-0.2, -0.15) is 0 Å². The van der Waals surface area contributed by atoms with Crippen LogP contribution in [0.4, 0.5) is 0 Å². The molecule has 3 aliphatic carbocycles. The van der Waals surface area contributed by atoms with Crippen LogP contribution in [0.3, 0.4) is 0 Å². The van der Waals surface area contributed by atoms with Gasteiger partial charge in [0, 0.05) is 12.1 Å². The normalized spacial score (nSPS) is 39.4. The van der Waals surface area contributed by atoms with Gasteiger partial charge in [-0.3, -0.25) is 10.9 Å². The van der Waals surface area contributed by atoms with E-state index in [1.165, 1.54) is 77.0 Å². The van der Waals surface area contributed by atoms with Gasteiger partial charge in [0.05, 0.1) is 0 Å². The van der Waals surface area contributed by atoms with Crippen molar-refractivity contribution in [1.29, 1.82) is 0 Å². The molecule has 0 radical (unpaired) electrons. The Bertz CT molecular complexity index is 447. The zero-order valence-electron chi connectivity index (χ0n) is 14.6. The summed E-state index contributed by atoms with van der Waals surface area (Å²) in [5, 5.41) is 0. The topological polar surface area (TPSA) is 24.1 Å². The smallest absolute Gasteiger partial charge is 0.0437 e. The van der Waals surface area contributed by atoms with Crippen molar-refractivity contribution in [3.05, 3.63) is 23.8 Å². The molecule has 4 rings (SSSR count). The van der Waals surface area contributed by atoms with Gasteiger partial charge in [-0.05, 0) is 62.7 Å². The van der Waals surface area contributed by atoms with Crippen molar-refractivity contribution in [2.75, 3.05) is 0 Å². The lowest BCUT2D eigenvalue weighted by Gasteiger charge is -2.34. The van der Waals surface area contributed by atoms with Gasteiger partial charge in [-0.25, -0.2) is 0 Å². The molecule has 4 atom stereocenters. The maximum Gasteiger partial charge on any atom is 0.0437 e. The summed E-state index contributed by atoms with van der Waals surface area (Å²) >= 11 is 0. The molecule has 1 heterocycles. The van der Waals surface area contributed by atoms with Gasteiger partial charge in [0.2, 0.25) is 0 Å². The lowest BCUT2D eigenvalue weighted by atomic mass is 9.72. The maximum atomic E-state index is 3.65. The maximum absolute atomic E-state index is 3.65. The van der Waals surface area contributed by atoms with Crippen molar-refractivity contribution < 1.29 is 0 Å². The van der Waals surface area contributed by atoms with Gasteiger partial charge in [-0.15, -0.1) is 0 Å². The summed E-state index contributed by atoms with van der Waals surface area (Å²) in [6, 6.07) is 1.29. The Hall–Kier alpha value is -0.600. The summed E-state index contributed by atoms with van der Waals surface area (Å²) in [4.78, 5) is 0. The van der Waals surface area contributed by atoms with E-state index in [1.807, 2.05) is 0 Å². The van der Waals surface area contributed by atoms with Gasteiger partial charge in [0.1, 0.15) is 0 Å². The van der Waals surface area contributed by atoms with Crippen molar-refractivity contribution in [1.82, 2.24) is 10.9 Å². The molecule has 0 spiro atoms. The first-order valence-corrected chi connectivity index (χ1v) is 10.2. The highest BCUT2D eigenvalue weighted by atomic mass is 15.4. The number of allylic oxidation sites excluding steroid dienone is 3. The number of rotatable bonds is 3. The van der Waals surface area contributed by atoms with Gasteiger partial charge in [-0.1, -0.05) is 55.9 Å². The Morgan fingerprint density at radius 1 is 0.783 bits per heavy atom. The molecule has 4 unspecified atom stereocenters. The van der Waals surface area contributed by atoms with Crippen LogP contribution in [0.15, 0.2) is 23.8 Å².